The zero-order valence-corrected chi connectivity index (χ0v) is 21.8. The van der Waals surface area contributed by atoms with E-state index in [9.17, 15) is 4.39 Å². The van der Waals surface area contributed by atoms with Crippen LogP contribution in [0.25, 0.3) is 0 Å². The molecule has 1 aliphatic heterocycles. The predicted octanol–water partition coefficient (Wildman–Crippen LogP) is 3.94. The van der Waals surface area contributed by atoms with Crippen LogP contribution in [0.4, 0.5) is 10.1 Å². The average Bonchev–Trinajstić information content (AvgIpc) is 3.46. The molecule has 2 heterocycles. The van der Waals surface area contributed by atoms with Gasteiger partial charge in [-0.05, 0) is 49.8 Å². The zero-order chi connectivity index (χ0) is 21.6. The van der Waals surface area contributed by atoms with Crippen molar-refractivity contribution < 1.29 is 4.39 Å². The zero-order valence-electron chi connectivity index (χ0n) is 18.6. The van der Waals surface area contributed by atoms with Gasteiger partial charge in [-0.3, -0.25) is 4.99 Å². The number of anilines is 1. The second-order valence-corrected chi connectivity index (χ2v) is 8.98. The van der Waals surface area contributed by atoms with Crippen LogP contribution in [0, 0.1) is 5.82 Å². The van der Waals surface area contributed by atoms with Crippen molar-refractivity contribution in [1.29, 1.82) is 0 Å². The van der Waals surface area contributed by atoms with Crippen LogP contribution >= 0.6 is 35.7 Å². The van der Waals surface area contributed by atoms with Crippen LogP contribution in [0.3, 0.4) is 0 Å². The Morgan fingerprint density at radius 2 is 1.81 bits per heavy atom. The monoisotopic (exact) mass is 573 g/mol. The van der Waals surface area contributed by atoms with E-state index in [2.05, 4.69) is 35.8 Å². The van der Waals surface area contributed by atoms with Gasteiger partial charge in [0, 0.05) is 50.9 Å². The molecule has 1 aliphatic carbocycles. The van der Waals surface area contributed by atoms with E-state index in [1.165, 1.54) is 37.8 Å². The molecule has 7 nitrogen and oxygen atoms in total. The maximum atomic E-state index is 13.1. The van der Waals surface area contributed by atoms with Gasteiger partial charge in [0.1, 0.15) is 11.6 Å². The first-order valence-electron chi connectivity index (χ1n) is 11.2. The predicted molar refractivity (Wildman–Crippen MR) is 140 cm³/mol. The van der Waals surface area contributed by atoms with E-state index >= 15 is 0 Å². The second-order valence-electron chi connectivity index (χ2n) is 8.21. The molecule has 2 fully saturated rings. The van der Waals surface area contributed by atoms with Crippen LogP contribution in [-0.4, -0.2) is 64.6 Å². The van der Waals surface area contributed by atoms with Gasteiger partial charge in [-0.1, -0.05) is 24.6 Å². The smallest absolute Gasteiger partial charge is 0.191 e. The first kappa shape index (κ1) is 25.1. The molecule has 10 heteroatoms. The lowest BCUT2D eigenvalue weighted by Crippen LogP contribution is -2.51. The van der Waals surface area contributed by atoms with Gasteiger partial charge in [-0.15, -0.1) is 34.2 Å². The van der Waals surface area contributed by atoms with E-state index in [0.29, 0.717) is 18.5 Å². The molecule has 176 valence electrons. The highest BCUT2D eigenvalue weighted by atomic mass is 127. The van der Waals surface area contributed by atoms with E-state index < -0.39 is 0 Å². The van der Waals surface area contributed by atoms with Gasteiger partial charge in [-0.2, -0.15) is 0 Å². The van der Waals surface area contributed by atoms with Crippen molar-refractivity contribution in [3.05, 3.63) is 35.9 Å². The molecule has 0 unspecified atom stereocenters. The summed E-state index contributed by atoms with van der Waals surface area (Å²) < 4.78 is 15.5. The Hall–Kier alpha value is -1.56. The lowest BCUT2D eigenvalue weighted by Gasteiger charge is -2.36. The third-order valence-corrected chi connectivity index (χ3v) is 6.88. The SMILES string of the molecule is CSc1nnc(CCCN=C(N)N2CCN(c3ccc(F)cc3)CC2)n1C1CCCC1.I. The molecule has 2 aliphatic rings. The van der Waals surface area contributed by atoms with Crippen molar-refractivity contribution in [3.8, 4) is 0 Å². The Balaban J connectivity index is 0.00000289. The van der Waals surface area contributed by atoms with Crippen molar-refractivity contribution in [3.63, 3.8) is 0 Å². The number of halogens is 2. The molecule has 0 bridgehead atoms. The Labute approximate surface area is 211 Å². The quantitative estimate of drug-likeness (QED) is 0.178. The Kier molecular flexibility index (Phi) is 9.45. The third-order valence-electron chi connectivity index (χ3n) is 6.24. The summed E-state index contributed by atoms with van der Waals surface area (Å²) in [4.78, 5) is 9.00. The van der Waals surface area contributed by atoms with Gasteiger partial charge in [0.2, 0.25) is 0 Å². The molecule has 1 aromatic heterocycles. The van der Waals surface area contributed by atoms with Gasteiger partial charge in [0.25, 0.3) is 0 Å². The maximum absolute atomic E-state index is 13.1. The number of nitrogens with two attached hydrogens (primary N) is 1. The second kappa shape index (κ2) is 12.1. The molecule has 4 rings (SSSR count). The van der Waals surface area contributed by atoms with Crippen molar-refractivity contribution in [2.24, 2.45) is 10.7 Å². The van der Waals surface area contributed by atoms with Crippen LogP contribution in [0.1, 0.15) is 44.0 Å². The molecule has 0 atom stereocenters. The molecule has 0 radical (unpaired) electrons. The lowest BCUT2D eigenvalue weighted by atomic mass is 10.2. The summed E-state index contributed by atoms with van der Waals surface area (Å²) >= 11 is 1.68. The minimum Gasteiger partial charge on any atom is -0.370 e. The minimum atomic E-state index is -0.204. The number of nitrogens with zero attached hydrogens (tertiary/aromatic N) is 6. The van der Waals surface area contributed by atoms with Crippen molar-refractivity contribution >= 4 is 47.4 Å². The van der Waals surface area contributed by atoms with E-state index in [1.54, 1.807) is 11.8 Å². The minimum absolute atomic E-state index is 0. The molecule has 0 spiro atoms. The highest BCUT2D eigenvalue weighted by molar-refractivity contribution is 14.0. The molecule has 1 aromatic carbocycles. The van der Waals surface area contributed by atoms with Gasteiger partial charge >= 0.3 is 0 Å². The van der Waals surface area contributed by atoms with Crippen molar-refractivity contribution in [2.75, 3.05) is 43.9 Å². The normalized spacial score (nSPS) is 17.6. The molecule has 2 aromatic rings. The summed E-state index contributed by atoms with van der Waals surface area (Å²) in [6, 6.07) is 7.23. The van der Waals surface area contributed by atoms with Crippen LogP contribution < -0.4 is 10.6 Å². The Morgan fingerprint density at radius 1 is 1.12 bits per heavy atom. The largest absolute Gasteiger partial charge is 0.370 e. The molecule has 0 amide bonds. The summed E-state index contributed by atoms with van der Waals surface area (Å²) in [5.74, 6) is 1.49. The summed E-state index contributed by atoms with van der Waals surface area (Å²) in [5, 5.41) is 9.87. The van der Waals surface area contributed by atoms with E-state index in [1.807, 2.05) is 12.1 Å². The van der Waals surface area contributed by atoms with Crippen LogP contribution in [-0.2, 0) is 6.42 Å². The number of thioether (sulfide) groups is 1. The summed E-state index contributed by atoms with van der Waals surface area (Å²) in [5.41, 5.74) is 7.31. The number of aryl methyl sites for hydroxylation is 1. The van der Waals surface area contributed by atoms with Crippen molar-refractivity contribution in [1.82, 2.24) is 19.7 Å². The molecule has 32 heavy (non-hydrogen) atoms. The number of hydrogen-bond acceptors (Lipinski definition) is 5. The molecule has 2 N–H and O–H groups in total. The lowest BCUT2D eigenvalue weighted by molar-refractivity contribution is 0.380. The first-order chi connectivity index (χ1) is 15.2. The molecular weight excluding hydrogens is 540 g/mol. The van der Waals surface area contributed by atoms with Crippen LogP contribution in [0.15, 0.2) is 34.4 Å². The highest BCUT2D eigenvalue weighted by Gasteiger charge is 2.23. The molecular formula is C22H33FIN7S. The van der Waals surface area contributed by atoms with Crippen LogP contribution in [0.5, 0.6) is 0 Å². The molecule has 1 saturated carbocycles. The number of piperazine rings is 1. The number of rotatable bonds is 7. The highest BCUT2D eigenvalue weighted by Crippen LogP contribution is 2.33. The van der Waals surface area contributed by atoms with Gasteiger partial charge in [-0.25, -0.2) is 4.39 Å². The maximum Gasteiger partial charge on any atom is 0.191 e. The number of benzene rings is 1. The number of guanidine groups is 1. The Bertz CT molecular complexity index is 875. The van der Waals surface area contributed by atoms with Gasteiger partial charge in [0.05, 0.1) is 0 Å². The van der Waals surface area contributed by atoms with Crippen LogP contribution in [0.2, 0.25) is 0 Å². The first-order valence-corrected chi connectivity index (χ1v) is 12.4. The fourth-order valence-corrected chi connectivity index (χ4v) is 5.10. The standard InChI is InChI=1S/C22H32FN7S.HI/c1-31-22-27-26-20(30(22)19-5-2-3-6-19)7-4-12-25-21(24)29-15-13-28(14-16-29)18-10-8-17(23)9-11-18;/h8-11,19H,2-7,12-16H2,1H3,(H2,24,25);1H. The molecule has 1 saturated heterocycles. The van der Waals surface area contributed by atoms with E-state index in [0.717, 1.165) is 55.7 Å². The van der Waals surface area contributed by atoms with E-state index in [-0.39, 0.29) is 29.8 Å². The van der Waals surface area contributed by atoms with Crippen molar-refractivity contribution in [2.45, 2.75) is 49.7 Å². The fraction of sp³-hybridized carbons (Fsp3) is 0.591. The Morgan fingerprint density at radius 3 is 2.47 bits per heavy atom. The fourth-order valence-electron chi connectivity index (χ4n) is 4.52. The summed E-state index contributed by atoms with van der Waals surface area (Å²) in [6.45, 7) is 4.03. The van der Waals surface area contributed by atoms with Gasteiger partial charge < -0.3 is 20.1 Å². The number of hydrogen-bond donors (Lipinski definition) is 1. The third kappa shape index (κ3) is 6.06. The number of aliphatic imine (C=N–C) groups is 1. The van der Waals surface area contributed by atoms with E-state index in [4.69, 9.17) is 5.73 Å². The summed E-state index contributed by atoms with van der Waals surface area (Å²) in [6.07, 6.45) is 8.91. The number of aromatic nitrogens is 3. The topological polar surface area (TPSA) is 75.6 Å². The average molecular weight is 574 g/mol. The summed E-state index contributed by atoms with van der Waals surface area (Å²) in [7, 11) is 0. The van der Waals surface area contributed by atoms with Gasteiger partial charge in [0.15, 0.2) is 11.1 Å².